The second-order valence-electron chi connectivity index (χ2n) is 2.96. The summed E-state index contributed by atoms with van der Waals surface area (Å²) in [6.45, 7) is 7.72. The van der Waals surface area contributed by atoms with Crippen molar-refractivity contribution in [1.82, 2.24) is 4.98 Å². The Hall–Kier alpha value is -0.410. The lowest BCUT2D eigenvalue weighted by atomic mass is 10.2. The van der Waals surface area contributed by atoms with Crippen LogP contribution in [0.5, 0.6) is 0 Å². The summed E-state index contributed by atoms with van der Waals surface area (Å²) in [5, 5.41) is 3.19. The highest BCUT2D eigenvalue weighted by molar-refractivity contribution is 7.09. The van der Waals surface area contributed by atoms with E-state index >= 15 is 0 Å². The van der Waals surface area contributed by atoms with E-state index in [-0.39, 0.29) is 0 Å². The van der Waals surface area contributed by atoms with Gasteiger partial charge in [0.15, 0.2) is 0 Å². The molecule has 0 fully saturated rings. The maximum atomic E-state index is 5.26. The van der Waals surface area contributed by atoms with Crippen LogP contribution in [0.2, 0.25) is 0 Å². The number of thiazole rings is 1. The standard InChI is InChI=1S/C9H15NOS/c1-4-11-5-9-10-8(6-12-9)7(2)3/h6-7H,4-5H2,1-3H3. The molecule has 1 aromatic rings. The Bertz CT molecular complexity index is 232. The third kappa shape index (κ3) is 2.57. The molecule has 0 aromatic carbocycles. The van der Waals surface area contributed by atoms with Gasteiger partial charge < -0.3 is 4.74 Å². The Morgan fingerprint density at radius 1 is 1.58 bits per heavy atom. The number of hydrogen-bond acceptors (Lipinski definition) is 3. The van der Waals surface area contributed by atoms with Gasteiger partial charge in [0, 0.05) is 12.0 Å². The van der Waals surface area contributed by atoms with Crippen molar-refractivity contribution in [3.8, 4) is 0 Å². The first-order valence-corrected chi connectivity index (χ1v) is 5.14. The first-order chi connectivity index (χ1) is 5.74. The minimum absolute atomic E-state index is 0.525. The Morgan fingerprint density at radius 3 is 2.83 bits per heavy atom. The minimum Gasteiger partial charge on any atom is -0.375 e. The van der Waals surface area contributed by atoms with Crippen LogP contribution >= 0.6 is 11.3 Å². The summed E-state index contributed by atoms with van der Waals surface area (Å²) in [4.78, 5) is 4.44. The van der Waals surface area contributed by atoms with Crippen LogP contribution in [0, 0.1) is 0 Å². The highest BCUT2D eigenvalue weighted by atomic mass is 32.1. The van der Waals surface area contributed by atoms with Crippen molar-refractivity contribution in [2.45, 2.75) is 33.3 Å². The molecule has 0 aliphatic rings. The first-order valence-electron chi connectivity index (χ1n) is 4.26. The fourth-order valence-electron chi connectivity index (χ4n) is 0.846. The number of nitrogens with zero attached hydrogens (tertiary/aromatic N) is 1. The molecule has 1 aromatic heterocycles. The molecule has 0 amide bonds. The second-order valence-corrected chi connectivity index (χ2v) is 3.90. The van der Waals surface area contributed by atoms with Crippen LogP contribution < -0.4 is 0 Å². The van der Waals surface area contributed by atoms with E-state index in [1.54, 1.807) is 11.3 Å². The normalized spacial score (nSPS) is 11.0. The van der Waals surface area contributed by atoms with Crippen molar-refractivity contribution in [2.75, 3.05) is 6.61 Å². The van der Waals surface area contributed by atoms with Gasteiger partial charge in [-0.3, -0.25) is 0 Å². The zero-order valence-electron chi connectivity index (χ0n) is 7.83. The Labute approximate surface area is 77.6 Å². The van der Waals surface area contributed by atoms with Crippen molar-refractivity contribution in [1.29, 1.82) is 0 Å². The molecule has 0 atom stereocenters. The number of aromatic nitrogens is 1. The van der Waals surface area contributed by atoms with Crippen LogP contribution in [-0.4, -0.2) is 11.6 Å². The van der Waals surface area contributed by atoms with E-state index in [2.05, 4.69) is 24.2 Å². The molecule has 1 heterocycles. The van der Waals surface area contributed by atoms with Crippen LogP contribution in [-0.2, 0) is 11.3 Å². The summed E-state index contributed by atoms with van der Waals surface area (Å²) in [7, 11) is 0. The topological polar surface area (TPSA) is 22.1 Å². The zero-order chi connectivity index (χ0) is 8.97. The molecule has 0 spiro atoms. The van der Waals surface area contributed by atoms with E-state index in [4.69, 9.17) is 4.74 Å². The molecule has 0 saturated heterocycles. The maximum absolute atomic E-state index is 5.26. The van der Waals surface area contributed by atoms with Gasteiger partial charge in [0.25, 0.3) is 0 Å². The van der Waals surface area contributed by atoms with Gasteiger partial charge >= 0.3 is 0 Å². The average molecular weight is 185 g/mol. The molecule has 0 N–H and O–H groups in total. The van der Waals surface area contributed by atoms with E-state index in [1.165, 1.54) is 5.69 Å². The van der Waals surface area contributed by atoms with Gasteiger partial charge in [-0.2, -0.15) is 0 Å². The quantitative estimate of drug-likeness (QED) is 0.719. The monoisotopic (exact) mass is 185 g/mol. The molecule has 0 aliphatic carbocycles. The first kappa shape index (κ1) is 9.68. The van der Waals surface area contributed by atoms with Gasteiger partial charge in [0.2, 0.25) is 0 Å². The van der Waals surface area contributed by atoms with E-state index < -0.39 is 0 Å². The van der Waals surface area contributed by atoms with Gasteiger partial charge in [-0.05, 0) is 12.8 Å². The predicted octanol–water partition coefficient (Wildman–Crippen LogP) is 2.80. The van der Waals surface area contributed by atoms with Gasteiger partial charge in [-0.1, -0.05) is 13.8 Å². The molecule has 0 unspecified atom stereocenters. The molecule has 68 valence electrons. The highest BCUT2D eigenvalue weighted by Gasteiger charge is 2.04. The lowest BCUT2D eigenvalue weighted by molar-refractivity contribution is 0.133. The molecule has 1 rings (SSSR count). The minimum atomic E-state index is 0.525. The summed E-state index contributed by atoms with van der Waals surface area (Å²) in [6, 6.07) is 0. The number of hydrogen-bond donors (Lipinski definition) is 0. The van der Waals surface area contributed by atoms with Crippen LogP contribution in [0.4, 0.5) is 0 Å². The fourth-order valence-corrected chi connectivity index (χ4v) is 1.74. The van der Waals surface area contributed by atoms with Crippen molar-refractivity contribution in [2.24, 2.45) is 0 Å². The SMILES string of the molecule is CCOCc1nc(C(C)C)cs1. The van der Waals surface area contributed by atoms with Crippen LogP contribution in [0.1, 0.15) is 37.4 Å². The van der Waals surface area contributed by atoms with Crippen LogP contribution in [0.25, 0.3) is 0 Å². The van der Waals surface area contributed by atoms with E-state index in [0.29, 0.717) is 12.5 Å². The zero-order valence-corrected chi connectivity index (χ0v) is 8.65. The van der Waals surface area contributed by atoms with Gasteiger partial charge in [-0.15, -0.1) is 11.3 Å². The Balaban J connectivity index is 2.52. The Morgan fingerprint density at radius 2 is 2.33 bits per heavy atom. The summed E-state index contributed by atoms with van der Waals surface area (Å²) in [5.41, 5.74) is 1.18. The molecule has 0 saturated carbocycles. The van der Waals surface area contributed by atoms with Gasteiger partial charge in [-0.25, -0.2) is 4.98 Å². The largest absolute Gasteiger partial charge is 0.375 e. The predicted molar refractivity (Wildman–Crippen MR) is 51.5 cm³/mol. The highest BCUT2D eigenvalue weighted by Crippen LogP contribution is 2.17. The molecule has 2 nitrogen and oxygen atoms in total. The Kier molecular flexibility index (Phi) is 3.69. The number of ether oxygens (including phenoxy) is 1. The van der Waals surface area contributed by atoms with Crippen molar-refractivity contribution in [3.63, 3.8) is 0 Å². The summed E-state index contributed by atoms with van der Waals surface area (Å²) in [6.07, 6.45) is 0. The summed E-state index contributed by atoms with van der Waals surface area (Å²) >= 11 is 1.68. The smallest absolute Gasteiger partial charge is 0.119 e. The van der Waals surface area contributed by atoms with E-state index in [1.807, 2.05) is 6.92 Å². The molecule has 0 radical (unpaired) electrons. The lowest BCUT2D eigenvalue weighted by Gasteiger charge is -1.97. The summed E-state index contributed by atoms with van der Waals surface area (Å²) in [5.74, 6) is 0.525. The van der Waals surface area contributed by atoms with E-state index in [9.17, 15) is 0 Å². The third-order valence-corrected chi connectivity index (χ3v) is 2.43. The van der Waals surface area contributed by atoms with Gasteiger partial charge in [0.05, 0.1) is 12.3 Å². The molecule has 0 bridgehead atoms. The van der Waals surface area contributed by atoms with Crippen molar-refractivity contribution in [3.05, 3.63) is 16.1 Å². The molecular formula is C9H15NOS. The third-order valence-electron chi connectivity index (χ3n) is 1.59. The van der Waals surface area contributed by atoms with Gasteiger partial charge in [0.1, 0.15) is 5.01 Å². The second kappa shape index (κ2) is 4.58. The van der Waals surface area contributed by atoms with Crippen molar-refractivity contribution < 1.29 is 4.74 Å². The molecule has 0 aliphatic heterocycles. The summed E-state index contributed by atoms with van der Waals surface area (Å²) < 4.78 is 5.26. The average Bonchev–Trinajstić information content (AvgIpc) is 2.48. The van der Waals surface area contributed by atoms with Crippen LogP contribution in [0.3, 0.4) is 0 Å². The number of rotatable bonds is 4. The fraction of sp³-hybridized carbons (Fsp3) is 0.667. The maximum Gasteiger partial charge on any atom is 0.119 e. The lowest BCUT2D eigenvalue weighted by Crippen LogP contribution is -1.92. The van der Waals surface area contributed by atoms with E-state index in [0.717, 1.165) is 11.6 Å². The molecule has 3 heteroatoms. The van der Waals surface area contributed by atoms with Crippen LogP contribution in [0.15, 0.2) is 5.38 Å². The molecule has 12 heavy (non-hydrogen) atoms. The van der Waals surface area contributed by atoms with Crippen molar-refractivity contribution >= 4 is 11.3 Å². The molecular weight excluding hydrogens is 170 g/mol.